The summed E-state index contributed by atoms with van der Waals surface area (Å²) in [6, 6.07) is 0. The smallest absolute Gasteiger partial charge is 0.254 e. The van der Waals surface area contributed by atoms with Gasteiger partial charge in [0.2, 0.25) is 12.4 Å². The predicted molar refractivity (Wildman–Crippen MR) is 95.4 cm³/mol. The second kappa shape index (κ2) is 8.60. The molecule has 1 saturated heterocycles. The molecule has 1 N–H and O–H groups in total. The SMILES string of the molecule is O=CN1CCN(c2ncc(C(=O)NCCC3=CCCCC3)cn2)CC1. The van der Waals surface area contributed by atoms with E-state index >= 15 is 0 Å². The lowest BCUT2D eigenvalue weighted by molar-refractivity contribution is -0.118. The Morgan fingerprint density at radius 2 is 1.92 bits per heavy atom. The van der Waals surface area contributed by atoms with Gasteiger partial charge in [-0.3, -0.25) is 9.59 Å². The highest BCUT2D eigenvalue weighted by molar-refractivity contribution is 5.93. The van der Waals surface area contributed by atoms with E-state index in [1.807, 2.05) is 4.90 Å². The van der Waals surface area contributed by atoms with Crippen molar-refractivity contribution in [3.8, 4) is 0 Å². The van der Waals surface area contributed by atoms with Crippen molar-refractivity contribution in [1.82, 2.24) is 20.2 Å². The topological polar surface area (TPSA) is 78.4 Å². The van der Waals surface area contributed by atoms with Crippen LogP contribution in [0.15, 0.2) is 24.0 Å². The van der Waals surface area contributed by atoms with E-state index in [4.69, 9.17) is 0 Å². The summed E-state index contributed by atoms with van der Waals surface area (Å²) in [6.45, 7) is 3.41. The number of hydrogen-bond donors (Lipinski definition) is 1. The van der Waals surface area contributed by atoms with E-state index in [2.05, 4.69) is 21.4 Å². The van der Waals surface area contributed by atoms with Crippen LogP contribution in [0, 0.1) is 0 Å². The van der Waals surface area contributed by atoms with Crippen molar-refractivity contribution in [1.29, 1.82) is 0 Å². The van der Waals surface area contributed by atoms with Crippen LogP contribution in [0.1, 0.15) is 42.5 Å². The van der Waals surface area contributed by atoms with Crippen LogP contribution in [0.5, 0.6) is 0 Å². The molecule has 1 aliphatic heterocycles. The lowest BCUT2D eigenvalue weighted by Crippen LogP contribution is -2.46. The summed E-state index contributed by atoms with van der Waals surface area (Å²) in [5, 5.41) is 2.94. The molecule has 0 aromatic carbocycles. The first-order valence-electron chi connectivity index (χ1n) is 8.99. The minimum absolute atomic E-state index is 0.131. The van der Waals surface area contributed by atoms with E-state index in [-0.39, 0.29) is 5.91 Å². The summed E-state index contributed by atoms with van der Waals surface area (Å²) in [5.41, 5.74) is 1.93. The molecule has 2 heterocycles. The average molecular weight is 343 g/mol. The first-order valence-corrected chi connectivity index (χ1v) is 8.99. The largest absolute Gasteiger partial charge is 0.352 e. The minimum Gasteiger partial charge on any atom is -0.352 e. The van der Waals surface area contributed by atoms with Crippen LogP contribution >= 0.6 is 0 Å². The zero-order valence-electron chi connectivity index (χ0n) is 14.5. The van der Waals surface area contributed by atoms with Gasteiger partial charge in [-0.15, -0.1) is 0 Å². The van der Waals surface area contributed by atoms with Gasteiger partial charge < -0.3 is 15.1 Å². The molecule has 1 fully saturated rings. The van der Waals surface area contributed by atoms with Crippen molar-refractivity contribution >= 4 is 18.3 Å². The molecule has 1 aromatic rings. The number of amides is 2. The van der Waals surface area contributed by atoms with Gasteiger partial charge in [-0.1, -0.05) is 11.6 Å². The van der Waals surface area contributed by atoms with Crippen molar-refractivity contribution in [3.05, 3.63) is 29.6 Å². The summed E-state index contributed by atoms with van der Waals surface area (Å²) in [6.07, 6.45) is 12.1. The molecule has 0 spiro atoms. The zero-order valence-corrected chi connectivity index (χ0v) is 14.5. The quantitative estimate of drug-likeness (QED) is 0.623. The van der Waals surface area contributed by atoms with Crippen LogP contribution < -0.4 is 10.2 Å². The molecule has 7 heteroatoms. The molecular weight excluding hydrogens is 318 g/mol. The fourth-order valence-electron chi connectivity index (χ4n) is 3.20. The maximum Gasteiger partial charge on any atom is 0.254 e. The molecule has 7 nitrogen and oxygen atoms in total. The molecule has 2 aliphatic rings. The summed E-state index contributed by atoms with van der Waals surface area (Å²) >= 11 is 0. The number of anilines is 1. The first kappa shape index (κ1) is 17.4. The number of rotatable bonds is 6. The Morgan fingerprint density at radius 3 is 2.56 bits per heavy atom. The molecule has 1 aromatic heterocycles. The van der Waals surface area contributed by atoms with Gasteiger partial charge in [-0.05, 0) is 32.1 Å². The Balaban J connectivity index is 1.47. The van der Waals surface area contributed by atoms with E-state index in [0.717, 1.165) is 19.3 Å². The summed E-state index contributed by atoms with van der Waals surface area (Å²) in [5.74, 6) is 0.475. The molecule has 0 atom stereocenters. The molecule has 2 amide bonds. The third-order valence-corrected chi connectivity index (χ3v) is 4.76. The van der Waals surface area contributed by atoms with Crippen molar-refractivity contribution < 1.29 is 9.59 Å². The molecule has 1 aliphatic carbocycles. The number of nitrogens with zero attached hydrogens (tertiary/aromatic N) is 4. The van der Waals surface area contributed by atoms with Crippen molar-refractivity contribution in [2.24, 2.45) is 0 Å². The summed E-state index contributed by atoms with van der Waals surface area (Å²) in [7, 11) is 0. The van der Waals surface area contributed by atoms with Gasteiger partial charge in [-0.25, -0.2) is 9.97 Å². The van der Waals surface area contributed by atoms with E-state index in [9.17, 15) is 9.59 Å². The summed E-state index contributed by atoms with van der Waals surface area (Å²) < 4.78 is 0. The van der Waals surface area contributed by atoms with Crippen LogP contribution in [0.2, 0.25) is 0 Å². The van der Waals surface area contributed by atoms with Gasteiger partial charge in [0.1, 0.15) is 0 Å². The number of allylic oxidation sites excluding steroid dienone is 1. The van der Waals surface area contributed by atoms with Gasteiger partial charge in [-0.2, -0.15) is 0 Å². The van der Waals surface area contributed by atoms with Crippen molar-refractivity contribution in [2.75, 3.05) is 37.6 Å². The standard InChI is InChI=1S/C18H25N5O2/c24-14-22-8-10-23(11-9-22)18-20-12-16(13-21-18)17(25)19-7-6-15-4-2-1-3-5-15/h4,12-14H,1-3,5-11H2,(H,19,25). The fourth-order valence-corrected chi connectivity index (χ4v) is 3.20. The number of aromatic nitrogens is 2. The molecule has 0 bridgehead atoms. The molecule has 0 saturated carbocycles. The molecule has 0 unspecified atom stereocenters. The normalized spacial score (nSPS) is 17.8. The fraction of sp³-hybridized carbons (Fsp3) is 0.556. The highest BCUT2D eigenvalue weighted by Crippen LogP contribution is 2.19. The molecule has 3 rings (SSSR count). The van der Waals surface area contributed by atoms with Crippen LogP contribution in [0.4, 0.5) is 5.95 Å². The van der Waals surface area contributed by atoms with Gasteiger partial charge in [0.15, 0.2) is 0 Å². The maximum absolute atomic E-state index is 12.2. The Hall–Kier alpha value is -2.44. The highest BCUT2D eigenvalue weighted by Gasteiger charge is 2.18. The molecule has 25 heavy (non-hydrogen) atoms. The maximum atomic E-state index is 12.2. The lowest BCUT2D eigenvalue weighted by atomic mass is 9.97. The van der Waals surface area contributed by atoms with E-state index in [0.29, 0.717) is 44.2 Å². The van der Waals surface area contributed by atoms with Crippen LogP contribution in [-0.4, -0.2) is 59.9 Å². The summed E-state index contributed by atoms with van der Waals surface area (Å²) in [4.78, 5) is 35.3. The zero-order chi connectivity index (χ0) is 17.5. The first-order chi connectivity index (χ1) is 12.3. The van der Waals surface area contributed by atoms with Crippen LogP contribution in [0.3, 0.4) is 0 Å². The number of piperazine rings is 1. The Labute approximate surface area is 148 Å². The van der Waals surface area contributed by atoms with E-state index in [1.54, 1.807) is 17.3 Å². The Morgan fingerprint density at radius 1 is 1.16 bits per heavy atom. The average Bonchev–Trinajstić information content (AvgIpc) is 2.69. The van der Waals surface area contributed by atoms with E-state index < -0.39 is 0 Å². The minimum atomic E-state index is -0.131. The number of nitrogens with one attached hydrogen (secondary N) is 1. The highest BCUT2D eigenvalue weighted by atomic mass is 16.1. The number of carbonyl (C=O) groups is 2. The second-order valence-electron chi connectivity index (χ2n) is 6.51. The monoisotopic (exact) mass is 343 g/mol. The van der Waals surface area contributed by atoms with E-state index in [1.165, 1.54) is 24.8 Å². The van der Waals surface area contributed by atoms with Gasteiger partial charge >= 0.3 is 0 Å². The number of hydrogen-bond acceptors (Lipinski definition) is 5. The van der Waals surface area contributed by atoms with Gasteiger partial charge in [0.25, 0.3) is 5.91 Å². The Kier molecular flexibility index (Phi) is 5.98. The molecular formula is C18H25N5O2. The van der Waals surface area contributed by atoms with Gasteiger partial charge in [0, 0.05) is 45.1 Å². The third-order valence-electron chi connectivity index (χ3n) is 4.76. The van der Waals surface area contributed by atoms with Crippen LogP contribution in [0.25, 0.3) is 0 Å². The van der Waals surface area contributed by atoms with Crippen molar-refractivity contribution in [2.45, 2.75) is 32.1 Å². The van der Waals surface area contributed by atoms with Crippen LogP contribution in [-0.2, 0) is 4.79 Å². The molecule has 134 valence electrons. The number of carbonyl (C=O) groups excluding carboxylic acids is 2. The molecule has 0 radical (unpaired) electrons. The third kappa shape index (κ3) is 4.78. The lowest BCUT2D eigenvalue weighted by Gasteiger charge is -2.32. The van der Waals surface area contributed by atoms with Gasteiger partial charge in [0.05, 0.1) is 5.56 Å². The second-order valence-corrected chi connectivity index (χ2v) is 6.51. The Bertz CT molecular complexity index is 621. The van der Waals surface area contributed by atoms with Crippen molar-refractivity contribution in [3.63, 3.8) is 0 Å². The predicted octanol–water partition coefficient (Wildman–Crippen LogP) is 1.38.